The standard InChI is InChI=1S/C17H24ClNO2.C2H6/c1-3-19(16-8-10-21-11-9-16)12-17(13(2)20)14-4-6-15(18)7-5-14;1-2/h4-7,16-17H,3,8-12H2,1-2H3;1-2H3. The van der Waals surface area contributed by atoms with Gasteiger partial charge in [0.25, 0.3) is 0 Å². The van der Waals surface area contributed by atoms with Gasteiger partial charge in [-0.15, -0.1) is 0 Å². The average Bonchev–Trinajstić information content (AvgIpc) is 2.59. The molecule has 4 heteroatoms. The smallest absolute Gasteiger partial charge is 0.138 e. The normalized spacial score (nSPS) is 16.6. The first-order valence-corrected chi connectivity index (χ1v) is 9.07. The van der Waals surface area contributed by atoms with Gasteiger partial charge in [-0.25, -0.2) is 0 Å². The molecule has 130 valence electrons. The van der Waals surface area contributed by atoms with E-state index in [4.69, 9.17) is 16.3 Å². The van der Waals surface area contributed by atoms with Gasteiger partial charge < -0.3 is 4.74 Å². The molecule has 0 aliphatic carbocycles. The highest BCUT2D eigenvalue weighted by Gasteiger charge is 2.25. The topological polar surface area (TPSA) is 29.5 Å². The van der Waals surface area contributed by atoms with Crippen LogP contribution in [0, 0.1) is 0 Å². The van der Waals surface area contributed by atoms with E-state index in [1.807, 2.05) is 38.1 Å². The van der Waals surface area contributed by atoms with Crippen molar-refractivity contribution in [1.29, 1.82) is 0 Å². The first-order chi connectivity index (χ1) is 11.1. The molecule has 1 fully saturated rings. The number of hydrogen-bond acceptors (Lipinski definition) is 3. The van der Waals surface area contributed by atoms with Crippen molar-refractivity contribution in [2.75, 3.05) is 26.3 Å². The zero-order valence-electron chi connectivity index (χ0n) is 14.8. The molecule has 1 aromatic carbocycles. The molecule has 23 heavy (non-hydrogen) atoms. The van der Waals surface area contributed by atoms with Crippen LogP contribution in [0.5, 0.6) is 0 Å². The van der Waals surface area contributed by atoms with E-state index >= 15 is 0 Å². The lowest BCUT2D eigenvalue weighted by Gasteiger charge is -2.35. The van der Waals surface area contributed by atoms with Crippen LogP contribution in [0.3, 0.4) is 0 Å². The molecular formula is C19H30ClNO2. The molecule has 0 spiro atoms. The van der Waals surface area contributed by atoms with Crippen LogP contribution in [-0.2, 0) is 9.53 Å². The predicted octanol–water partition coefficient (Wildman–Crippen LogP) is 4.54. The van der Waals surface area contributed by atoms with Gasteiger partial charge in [0, 0.05) is 30.8 Å². The molecule has 0 N–H and O–H groups in total. The number of carbonyl (C=O) groups is 1. The van der Waals surface area contributed by atoms with E-state index in [9.17, 15) is 4.79 Å². The molecule has 3 nitrogen and oxygen atoms in total. The predicted molar refractivity (Wildman–Crippen MR) is 97.3 cm³/mol. The molecule has 1 unspecified atom stereocenters. The van der Waals surface area contributed by atoms with E-state index in [0.29, 0.717) is 11.1 Å². The molecule has 0 saturated carbocycles. The first-order valence-electron chi connectivity index (χ1n) is 8.69. The monoisotopic (exact) mass is 339 g/mol. The molecule has 1 atom stereocenters. The molecule has 1 aliphatic rings. The van der Waals surface area contributed by atoms with Gasteiger partial charge in [-0.1, -0.05) is 44.5 Å². The summed E-state index contributed by atoms with van der Waals surface area (Å²) in [6.45, 7) is 11.2. The highest BCUT2D eigenvalue weighted by molar-refractivity contribution is 6.30. The Kier molecular flexibility index (Phi) is 9.46. The number of ketones is 1. The summed E-state index contributed by atoms with van der Waals surface area (Å²) in [5.41, 5.74) is 1.05. The maximum absolute atomic E-state index is 12.1. The van der Waals surface area contributed by atoms with Crippen LogP contribution in [0.4, 0.5) is 0 Å². The van der Waals surface area contributed by atoms with E-state index in [1.165, 1.54) is 0 Å². The molecule has 0 amide bonds. The lowest BCUT2D eigenvalue weighted by Crippen LogP contribution is -2.42. The third-order valence-electron chi connectivity index (χ3n) is 4.29. The summed E-state index contributed by atoms with van der Waals surface area (Å²) >= 11 is 5.94. The lowest BCUT2D eigenvalue weighted by atomic mass is 9.93. The molecule has 1 heterocycles. The van der Waals surface area contributed by atoms with Crippen LogP contribution in [-0.4, -0.2) is 43.0 Å². The van der Waals surface area contributed by atoms with Gasteiger partial charge in [-0.05, 0) is 44.0 Å². The summed E-state index contributed by atoms with van der Waals surface area (Å²) in [5.74, 6) is 0.132. The van der Waals surface area contributed by atoms with Crippen molar-refractivity contribution < 1.29 is 9.53 Å². The summed E-state index contributed by atoms with van der Waals surface area (Å²) in [6.07, 6.45) is 2.11. The summed E-state index contributed by atoms with van der Waals surface area (Å²) in [5, 5.41) is 0.706. The highest BCUT2D eigenvalue weighted by atomic mass is 35.5. The Labute approximate surface area is 146 Å². The Hall–Kier alpha value is -0.900. The summed E-state index contributed by atoms with van der Waals surface area (Å²) < 4.78 is 5.44. The molecule has 1 aromatic rings. The van der Waals surface area contributed by atoms with Crippen LogP contribution in [0.15, 0.2) is 24.3 Å². The highest BCUT2D eigenvalue weighted by Crippen LogP contribution is 2.23. The third-order valence-corrected chi connectivity index (χ3v) is 4.55. The first kappa shape index (κ1) is 20.1. The molecule has 0 aromatic heterocycles. The van der Waals surface area contributed by atoms with Crippen molar-refractivity contribution in [3.05, 3.63) is 34.9 Å². The van der Waals surface area contributed by atoms with Gasteiger partial charge in [0.05, 0.1) is 5.92 Å². The number of carbonyl (C=O) groups excluding carboxylic acids is 1. The van der Waals surface area contributed by atoms with Crippen molar-refractivity contribution in [3.63, 3.8) is 0 Å². The van der Waals surface area contributed by atoms with Gasteiger partial charge in [0.15, 0.2) is 0 Å². The van der Waals surface area contributed by atoms with Crippen molar-refractivity contribution >= 4 is 17.4 Å². The molecule has 0 radical (unpaired) electrons. The van der Waals surface area contributed by atoms with Crippen molar-refractivity contribution in [2.24, 2.45) is 0 Å². The van der Waals surface area contributed by atoms with Crippen molar-refractivity contribution in [2.45, 2.75) is 52.5 Å². The Morgan fingerprint density at radius 3 is 2.30 bits per heavy atom. The number of nitrogens with zero attached hydrogens (tertiary/aromatic N) is 1. The maximum Gasteiger partial charge on any atom is 0.138 e. The van der Waals surface area contributed by atoms with Crippen LogP contribution in [0.2, 0.25) is 5.02 Å². The Bertz CT molecular complexity index is 455. The summed E-state index contributed by atoms with van der Waals surface area (Å²) in [7, 11) is 0. The van der Waals surface area contributed by atoms with Crippen LogP contribution < -0.4 is 0 Å². The molecule has 1 aliphatic heterocycles. The van der Waals surface area contributed by atoms with Gasteiger partial charge >= 0.3 is 0 Å². The lowest BCUT2D eigenvalue weighted by molar-refractivity contribution is -0.119. The fourth-order valence-corrected chi connectivity index (χ4v) is 3.11. The minimum atomic E-state index is -0.0786. The average molecular weight is 340 g/mol. The molecule has 0 bridgehead atoms. The van der Waals surface area contributed by atoms with Gasteiger partial charge in [-0.3, -0.25) is 9.69 Å². The fraction of sp³-hybridized carbons (Fsp3) is 0.632. The second-order valence-electron chi connectivity index (χ2n) is 5.65. The maximum atomic E-state index is 12.1. The van der Waals surface area contributed by atoms with E-state index in [1.54, 1.807) is 6.92 Å². The van der Waals surface area contributed by atoms with E-state index in [2.05, 4.69) is 11.8 Å². The van der Waals surface area contributed by atoms with Crippen LogP contribution in [0.1, 0.15) is 52.0 Å². The zero-order valence-corrected chi connectivity index (χ0v) is 15.6. The minimum Gasteiger partial charge on any atom is -0.381 e. The Morgan fingerprint density at radius 2 is 1.83 bits per heavy atom. The van der Waals surface area contributed by atoms with Crippen LogP contribution in [0.25, 0.3) is 0 Å². The minimum absolute atomic E-state index is 0.0786. The summed E-state index contributed by atoms with van der Waals surface area (Å²) in [4.78, 5) is 14.5. The molecule has 2 rings (SSSR count). The largest absolute Gasteiger partial charge is 0.381 e. The zero-order chi connectivity index (χ0) is 17.2. The number of Topliss-reactive ketones (excluding diaryl/α,β-unsaturated/α-hetero) is 1. The Morgan fingerprint density at radius 1 is 1.26 bits per heavy atom. The Balaban J connectivity index is 0.00000127. The number of likely N-dealkylation sites (N-methyl/N-ethyl adjacent to an activating group) is 1. The summed E-state index contributed by atoms with van der Waals surface area (Å²) in [6, 6.07) is 8.17. The quantitative estimate of drug-likeness (QED) is 0.762. The van der Waals surface area contributed by atoms with Gasteiger partial charge in [0.1, 0.15) is 5.78 Å². The van der Waals surface area contributed by atoms with E-state index in [-0.39, 0.29) is 11.7 Å². The van der Waals surface area contributed by atoms with E-state index in [0.717, 1.165) is 44.7 Å². The molecular weight excluding hydrogens is 310 g/mol. The number of halogens is 1. The fourth-order valence-electron chi connectivity index (χ4n) is 2.98. The number of benzene rings is 1. The third kappa shape index (κ3) is 6.25. The number of rotatable bonds is 6. The van der Waals surface area contributed by atoms with Crippen LogP contribution >= 0.6 is 11.6 Å². The van der Waals surface area contributed by atoms with Gasteiger partial charge in [-0.2, -0.15) is 0 Å². The van der Waals surface area contributed by atoms with E-state index < -0.39 is 0 Å². The van der Waals surface area contributed by atoms with Crippen molar-refractivity contribution in [1.82, 2.24) is 4.90 Å². The number of hydrogen-bond donors (Lipinski definition) is 0. The second-order valence-corrected chi connectivity index (χ2v) is 6.08. The van der Waals surface area contributed by atoms with Crippen molar-refractivity contribution in [3.8, 4) is 0 Å². The second kappa shape index (κ2) is 10.8. The van der Waals surface area contributed by atoms with Gasteiger partial charge in [0.2, 0.25) is 0 Å². The molecule has 1 saturated heterocycles. The number of ether oxygens (including phenoxy) is 1. The SMILES string of the molecule is CC.CCN(CC(C(C)=O)c1ccc(Cl)cc1)C1CCOCC1.